The monoisotopic (exact) mass is 254 g/mol. The average Bonchev–Trinajstić information content (AvgIpc) is 2.88. The molecule has 0 amide bonds. The van der Waals surface area contributed by atoms with Crippen molar-refractivity contribution in [1.82, 2.24) is 0 Å². The SMILES string of the molecule is O[C@@H]1CO[C@@H](C(c2ccccc2)c2ccccc2)C1. The normalized spacial score (nSPS) is 22.8. The van der Waals surface area contributed by atoms with E-state index in [9.17, 15) is 5.11 Å². The molecule has 0 aliphatic carbocycles. The highest BCUT2D eigenvalue weighted by Crippen LogP contribution is 2.34. The standard InChI is InChI=1S/C17H18O2/c18-15-11-16(19-12-15)17(13-7-3-1-4-8-13)14-9-5-2-6-10-14/h1-10,15-18H,11-12H2/t15-,16+/m0/s1. The quantitative estimate of drug-likeness (QED) is 0.912. The molecule has 2 nitrogen and oxygen atoms in total. The number of benzene rings is 2. The molecule has 1 saturated heterocycles. The van der Waals surface area contributed by atoms with Gasteiger partial charge in [-0.25, -0.2) is 0 Å². The van der Waals surface area contributed by atoms with Crippen molar-refractivity contribution in [3.63, 3.8) is 0 Å². The summed E-state index contributed by atoms with van der Waals surface area (Å²) in [7, 11) is 0. The van der Waals surface area contributed by atoms with Crippen molar-refractivity contribution in [3.8, 4) is 0 Å². The van der Waals surface area contributed by atoms with Crippen LogP contribution >= 0.6 is 0 Å². The lowest BCUT2D eigenvalue weighted by Crippen LogP contribution is -2.19. The van der Waals surface area contributed by atoms with Crippen LogP contribution in [0.5, 0.6) is 0 Å². The van der Waals surface area contributed by atoms with E-state index < -0.39 is 0 Å². The van der Waals surface area contributed by atoms with Gasteiger partial charge in [0.25, 0.3) is 0 Å². The topological polar surface area (TPSA) is 29.5 Å². The van der Waals surface area contributed by atoms with Crippen LogP contribution in [-0.4, -0.2) is 23.9 Å². The van der Waals surface area contributed by atoms with Crippen LogP contribution in [0, 0.1) is 0 Å². The van der Waals surface area contributed by atoms with Crippen molar-refractivity contribution < 1.29 is 9.84 Å². The molecular weight excluding hydrogens is 236 g/mol. The Morgan fingerprint density at radius 1 is 0.895 bits per heavy atom. The van der Waals surface area contributed by atoms with Crippen LogP contribution in [0.4, 0.5) is 0 Å². The van der Waals surface area contributed by atoms with Gasteiger partial charge in [0, 0.05) is 12.3 Å². The molecule has 1 aliphatic rings. The van der Waals surface area contributed by atoms with Gasteiger partial charge < -0.3 is 9.84 Å². The van der Waals surface area contributed by atoms with Gasteiger partial charge in [-0.1, -0.05) is 60.7 Å². The second-order valence-corrected chi connectivity index (χ2v) is 5.06. The number of hydrogen-bond donors (Lipinski definition) is 1. The third-order valence-corrected chi connectivity index (χ3v) is 3.70. The molecule has 0 bridgehead atoms. The molecule has 0 unspecified atom stereocenters. The van der Waals surface area contributed by atoms with E-state index in [1.165, 1.54) is 11.1 Å². The number of aliphatic hydroxyl groups excluding tert-OH is 1. The molecule has 1 fully saturated rings. The Kier molecular flexibility index (Phi) is 3.62. The van der Waals surface area contributed by atoms with E-state index in [-0.39, 0.29) is 18.1 Å². The number of aliphatic hydroxyl groups is 1. The van der Waals surface area contributed by atoms with E-state index in [0.29, 0.717) is 13.0 Å². The van der Waals surface area contributed by atoms with E-state index in [2.05, 4.69) is 48.5 Å². The van der Waals surface area contributed by atoms with E-state index in [0.717, 1.165) is 0 Å². The summed E-state index contributed by atoms with van der Waals surface area (Å²) >= 11 is 0. The second kappa shape index (κ2) is 5.55. The van der Waals surface area contributed by atoms with Gasteiger partial charge >= 0.3 is 0 Å². The molecule has 2 aromatic rings. The Hall–Kier alpha value is -1.64. The third-order valence-electron chi connectivity index (χ3n) is 3.70. The maximum Gasteiger partial charge on any atom is 0.0798 e. The summed E-state index contributed by atoms with van der Waals surface area (Å²) in [5, 5.41) is 9.72. The van der Waals surface area contributed by atoms with Crippen molar-refractivity contribution in [2.24, 2.45) is 0 Å². The predicted octanol–water partition coefficient (Wildman–Crippen LogP) is 2.97. The summed E-state index contributed by atoms with van der Waals surface area (Å²) in [5.74, 6) is 0.194. The average molecular weight is 254 g/mol. The lowest BCUT2D eigenvalue weighted by molar-refractivity contribution is 0.0804. The molecule has 19 heavy (non-hydrogen) atoms. The highest BCUT2D eigenvalue weighted by molar-refractivity contribution is 5.34. The molecule has 0 spiro atoms. The fraction of sp³-hybridized carbons (Fsp3) is 0.294. The number of rotatable bonds is 3. The number of ether oxygens (including phenoxy) is 1. The van der Waals surface area contributed by atoms with Crippen LogP contribution in [-0.2, 0) is 4.74 Å². The Morgan fingerprint density at radius 2 is 1.42 bits per heavy atom. The van der Waals surface area contributed by atoms with Gasteiger partial charge in [-0.2, -0.15) is 0 Å². The summed E-state index contributed by atoms with van der Waals surface area (Å²) in [4.78, 5) is 0. The van der Waals surface area contributed by atoms with Crippen LogP contribution in [0.2, 0.25) is 0 Å². The summed E-state index contributed by atoms with van der Waals surface area (Å²) < 4.78 is 5.79. The summed E-state index contributed by atoms with van der Waals surface area (Å²) in [6.45, 7) is 0.445. The minimum absolute atomic E-state index is 0.0554. The molecule has 0 radical (unpaired) electrons. The van der Waals surface area contributed by atoms with Gasteiger partial charge in [0.05, 0.1) is 18.8 Å². The van der Waals surface area contributed by atoms with Crippen LogP contribution in [0.25, 0.3) is 0 Å². The summed E-state index contributed by atoms with van der Waals surface area (Å²) in [6, 6.07) is 20.8. The van der Waals surface area contributed by atoms with Gasteiger partial charge in [-0.3, -0.25) is 0 Å². The van der Waals surface area contributed by atoms with Gasteiger partial charge in [0.1, 0.15) is 0 Å². The largest absolute Gasteiger partial charge is 0.391 e. The maximum atomic E-state index is 9.72. The molecule has 1 heterocycles. The van der Waals surface area contributed by atoms with Crippen molar-refractivity contribution in [1.29, 1.82) is 0 Å². The first-order valence-corrected chi connectivity index (χ1v) is 6.74. The Bertz CT molecular complexity index is 470. The molecular formula is C17H18O2. The number of hydrogen-bond acceptors (Lipinski definition) is 2. The zero-order chi connectivity index (χ0) is 13.1. The Morgan fingerprint density at radius 3 is 1.84 bits per heavy atom. The second-order valence-electron chi connectivity index (χ2n) is 5.06. The predicted molar refractivity (Wildman–Crippen MR) is 75.1 cm³/mol. The minimum Gasteiger partial charge on any atom is -0.391 e. The van der Waals surface area contributed by atoms with Gasteiger partial charge in [-0.15, -0.1) is 0 Å². The van der Waals surface area contributed by atoms with E-state index in [1.807, 2.05) is 12.1 Å². The molecule has 1 N–H and O–H groups in total. The fourth-order valence-corrected chi connectivity index (χ4v) is 2.81. The molecule has 2 atom stereocenters. The lowest BCUT2D eigenvalue weighted by Gasteiger charge is -2.24. The van der Waals surface area contributed by atoms with E-state index in [4.69, 9.17) is 4.74 Å². The van der Waals surface area contributed by atoms with Crippen LogP contribution in [0.15, 0.2) is 60.7 Å². The third kappa shape index (κ3) is 2.70. The first kappa shape index (κ1) is 12.4. The molecule has 2 aromatic carbocycles. The van der Waals surface area contributed by atoms with Crippen LogP contribution in [0.3, 0.4) is 0 Å². The Labute approximate surface area is 113 Å². The first-order chi connectivity index (χ1) is 9.34. The van der Waals surface area contributed by atoms with E-state index in [1.54, 1.807) is 0 Å². The molecule has 2 heteroatoms. The van der Waals surface area contributed by atoms with Gasteiger partial charge in [0.15, 0.2) is 0 Å². The molecule has 0 saturated carbocycles. The zero-order valence-electron chi connectivity index (χ0n) is 10.8. The molecule has 1 aliphatic heterocycles. The van der Waals surface area contributed by atoms with E-state index >= 15 is 0 Å². The zero-order valence-corrected chi connectivity index (χ0v) is 10.8. The van der Waals surface area contributed by atoms with Crippen LogP contribution in [0.1, 0.15) is 23.5 Å². The first-order valence-electron chi connectivity index (χ1n) is 6.74. The molecule has 0 aromatic heterocycles. The fourth-order valence-electron chi connectivity index (χ4n) is 2.81. The molecule has 3 rings (SSSR count). The maximum absolute atomic E-state index is 9.72. The highest BCUT2D eigenvalue weighted by Gasteiger charge is 2.32. The molecule has 98 valence electrons. The van der Waals surface area contributed by atoms with Gasteiger partial charge in [-0.05, 0) is 11.1 Å². The van der Waals surface area contributed by atoms with Gasteiger partial charge in [0.2, 0.25) is 0 Å². The smallest absolute Gasteiger partial charge is 0.0798 e. The summed E-state index contributed by atoms with van der Waals surface area (Å²) in [5.41, 5.74) is 2.49. The highest BCUT2D eigenvalue weighted by atomic mass is 16.5. The summed E-state index contributed by atoms with van der Waals surface area (Å²) in [6.07, 6.45) is 0.425. The van der Waals surface area contributed by atoms with Crippen molar-refractivity contribution in [2.75, 3.05) is 6.61 Å². The van der Waals surface area contributed by atoms with Crippen molar-refractivity contribution in [2.45, 2.75) is 24.5 Å². The minimum atomic E-state index is -0.333. The lowest BCUT2D eigenvalue weighted by atomic mass is 9.85. The van der Waals surface area contributed by atoms with Crippen molar-refractivity contribution >= 4 is 0 Å². The van der Waals surface area contributed by atoms with Crippen molar-refractivity contribution in [3.05, 3.63) is 71.8 Å². The van der Waals surface area contributed by atoms with Crippen LogP contribution < -0.4 is 0 Å². The Balaban J connectivity index is 1.97.